The minimum absolute atomic E-state index is 0.657. The van der Waals surface area contributed by atoms with Crippen molar-refractivity contribution in [2.24, 2.45) is 5.92 Å². The lowest BCUT2D eigenvalue weighted by molar-refractivity contribution is 0.259. The van der Waals surface area contributed by atoms with Crippen molar-refractivity contribution in [1.82, 2.24) is 4.31 Å². The number of piperidine rings is 1. The van der Waals surface area contributed by atoms with Crippen molar-refractivity contribution in [1.29, 1.82) is 0 Å². The molecule has 0 bridgehead atoms. The summed E-state index contributed by atoms with van der Waals surface area (Å²) < 4.78 is 26.1. The van der Waals surface area contributed by atoms with Gasteiger partial charge in [0.1, 0.15) is 0 Å². The highest BCUT2D eigenvalue weighted by atomic mass is 32.2. The summed E-state index contributed by atoms with van der Waals surface area (Å²) in [5.74, 6) is 0.657. The van der Waals surface area contributed by atoms with Crippen LogP contribution in [-0.2, 0) is 29.3 Å². The Bertz CT molecular complexity index is 680. The predicted molar refractivity (Wildman–Crippen MR) is 99.8 cm³/mol. The second-order valence-electron chi connectivity index (χ2n) is 8.46. The van der Waals surface area contributed by atoms with Gasteiger partial charge in [-0.25, -0.2) is 12.7 Å². The molecule has 0 N–H and O–H groups in total. The van der Waals surface area contributed by atoms with Gasteiger partial charge < -0.3 is 0 Å². The van der Waals surface area contributed by atoms with Crippen LogP contribution in [0.3, 0.4) is 0 Å². The minimum atomic E-state index is -3.16. The van der Waals surface area contributed by atoms with Crippen molar-refractivity contribution in [2.75, 3.05) is 13.1 Å². The average Bonchev–Trinajstić information content (AvgIpc) is 3.00. The van der Waals surface area contributed by atoms with E-state index in [-0.39, 0.29) is 0 Å². The van der Waals surface area contributed by atoms with Gasteiger partial charge in [0, 0.05) is 13.1 Å². The van der Waals surface area contributed by atoms with E-state index in [0.717, 1.165) is 19.3 Å². The zero-order chi connectivity index (χ0) is 17.4. The van der Waals surface area contributed by atoms with Crippen LogP contribution in [0.1, 0.15) is 63.1 Å². The first-order chi connectivity index (χ1) is 11.3. The molecule has 4 heteroatoms. The first-order valence-corrected chi connectivity index (χ1v) is 10.8. The summed E-state index contributed by atoms with van der Waals surface area (Å²) >= 11 is 0. The molecule has 0 atom stereocenters. The molecule has 1 aromatic carbocycles. The van der Waals surface area contributed by atoms with Crippen LogP contribution in [-0.4, -0.2) is 30.6 Å². The Morgan fingerprint density at radius 2 is 1.75 bits per heavy atom. The van der Waals surface area contributed by atoms with E-state index in [4.69, 9.17) is 0 Å². The third-order valence-corrected chi connectivity index (χ3v) is 8.28. The van der Waals surface area contributed by atoms with E-state index < -0.39 is 14.8 Å². The second-order valence-corrected chi connectivity index (χ2v) is 11.1. The number of rotatable bonds is 4. The number of fused-ring (bicyclic) bond motifs is 1. The molecule has 0 spiro atoms. The highest BCUT2D eigenvalue weighted by molar-refractivity contribution is 7.90. The molecule has 24 heavy (non-hydrogen) atoms. The molecule has 0 unspecified atom stereocenters. The van der Waals surface area contributed by atoms with Crippen LogP contribution in [0.15, 0.2) is 18.2 Å². The summed E-state index contributed by atoms with van der Waals surface area (Å²) in [6, 6.07) is 7.01. The standard InChI is InChI=1S/C20H31NO2S/c1-20(2,3)24(22,23)21-13-11-16(12-14-21)7-8-17-9-10-18-5-4-6-19(18)15-17/h9-10,15-16H,4-8,11-14H2,1-3H3. The van der Waals surface area contributed by atoms with E-state index in [0.29, 0.717) is 19.0 Å². The van der Waals surface area contributed by atoms with Crippen molar-refractivity contribution in [3.05, 3.63) is 34.9 Å². The molecule has 1 saturated heterocycles. The topological polar surface area (TPSA) is 37.4 Å². The summed E-state index contributed by atoms with van der Waals surface area (Å²) in [7, 11) is -3.16. The van der Waals surface area contributed by atoms with Crippen LogP contribution in [0.5, 0.6) is 0 Å². The largest absolute Gasteiger partial charge is 0.219 e. The highest BCUT2D eigenvalue weighted by Gasteiger charge is 2.37. The Balaban J connectivity index is 1.51. The SMILES string of the molecule is CC(C)(C)S(=O)(=O)N1CCC(CCc2ccc3c(c2)CCC3)CC1. The third kappa shape index (κ3) is 3.70. The molecule has 3 nitrogen and oxygen atoms in total. The van der Waals surface area contributed by atoms with Gasteiger partial charge in [-0.3, -0.25) is 0 Å². The Labute approximate surface area is 147 Å². The maximum atomic E-state index is 12.5. The van der Waals surface area contributed by atoms with Crippen LogP contribution in [0.2, 0.25) is 0 Å². The Hall–Kier alpha value is -0.870. The lowest BCUT2D eigenvalue weighted by atomic mass is 9.91. The molecule has 1 fully saturated rings. The van der Waals surface area contributed by atoms with E-state index in [1.165, 1.54) is 31.2 Å². The van der Waals surface area contributed by atoms with Gasteiger partial charge in [0.15, 0.2) is 0 Å². The molecule has 2 aliphatic rings. The van der Waals surface area contributed by atoms with E-state index in [2.05, 4.69) is 18.2 Å². The fraction of sp³-hybridized carbons (Fsp3) is 0.700. The molecular weight excluding hydrogens is 318 g/mol. The van der Waals surface area contributed by atoms with Crippen molar-refractivity contribution in [3.8, 4) is 0 Å². The van der Waals surface area contributed by atoms with Crippen LogP contribution in [0, 0.1) is 5.92 Å². The summed E-state index contributed by atoms with van der Waals surface area (Å²) in [6.45, 7) is 6.76. The van der Waals surface area contributed by atoms with Gasteiger partial charge in [-0.1, -0.05) is 18.2 Å². The summed E-state index contributed by atoms with van der Waals surface area (Å²) in [4.78, 5) is 0. The summed E-state index contributed by atoms with van der Waals surface area (Å²) in [6.07, 6.45) is 8.11. The highest BCUT2D eigenvalue weighted by Crippen LogP contribution is 2.29. The summed E-state index contributed by atoms with van der Waals surface area (Å²) in [5.41, 5.74) is 4.55. The van der Waals surface area contributed by atoms with Crippen LogP contribution < -0.4 is 0 Å². The number of hydrogen-bond donors (Lipinski definition) is 0. The van der Waals surface area contributed by atoms with Crippen molar-refractivity contribution in [3.63, 3.8) is 0 Å². The zero-order valence-corrected chi connectivity index (χ0v) is 16.2. The van der Waals surface area contributed by atoms with Gasteiger partial charge in [0.05, 0.1) is 4.75 Å². The second kappa shape index (κ2) is 6.80. The molecule has 1 aliphatic carbocycles. The van der Waals surface area contributed by atoms with E-state index >= 15 is 0 Å². The molecule has 0 radical (unpaired) electrons. The van der Waals surface area contributed by atoms with Crippen molar-refractivity contribution < 1.29 is 8.42 Å². The number of sulfonamides is 1. The first-order valence-electron chi connectivity index (χ1n) is 9.38. The van der Waals surface area contributed by atoms with Gasteiger partial charge in [0.2, 0.25) is 10.0 Å². The van der Waals surface area contributed by atoms with Gasteiger partial charge in [-0.05, 0) is 88.3 Å². The van der Waals surface area contributed by atoms with Gasteiger partial charge in [-0.15, -0.1) is 0 Å². The quantitative estimate of drug-likeness (QED) is 0.825. The maximum Gasteiger partial charge on any atom is 0.219 e. The number of nitrogens with zero attached hydrogens (tertiary/aromatic N) is 1. The number of hydrogen-bond acceptors (Lipinski definition) is 2. The zero-order valence-electron chi connectivity index (χ0n) is 15.3. The molecular formula is C20H31NO2S. The Kier molecular flexibility index (Phi) is 5.08. The fourth-order valence-corrected chi connectivity index (χ4v) is 5.44. The Morgan fingerprint density at radius 3 is 2.42 bits per heavy atom. The first kappa shape index (κ1) is 17.9. The van der Waals surface area contributed by atoms with Crippen molar-refractivity contribution >= 4 is 10.0 Å². The molecule has 3 rings (SSSR count). The van der Waals surface area contributed by atoms with Gasteiger partial charge >= 0.3 is 0 Å². The number of aryl methyl sites for hydroxylation is 3. The van der Waals surface area contributed by atoms with Crippen LogP contribution in [0.25, 0.3) is 0 Å². The van der Waals surface area contributed by atoms with E-state index in [1.54, 1.807) is 36.2 Å². The predicted octanol–water partition coefficient (Wildman–Crippen LogP) is 3.95. The van der Waals surface area contributed by atoms with Gasteiger partial charge in [-0.2, -0.15) is 0 Å². The van der Waals surface area contributed by atoms with Gasteiger partial charge in [0.25, 0.3) is 0 Å². The van der Waals surface area contributed by atoms with Crippen LogP contribution in [0.4, 0.5) is 0 Å². The number of benzene rings is 1. The maximum absolute atomic E-state index is 12.5. The Morgan fingerprint density at radius 1 is 1.08 bits per heavy atom. The average molecular weight is 350 g/mol. The minimum Gasteiger partial charge on any atom is -0.212 e. The van der Waals surface area contributed by atoms with E-state index in [9.17, 15) is 8.42 Å². The van der Waals surface area contributed by atoms with Crippen molar-refractivity contribution in [2.45, 2.75) is 70.5 Å². The van der Waals surface area contributed by atoms with Crippen LogP contribution >= 0.6 is 0 Å². The third-order valence-electron chi connectivity index (χ3n) is 5.69. The molecule has 1 aliphatic heterocycles. The van der Waals surface area contributed by atoms with E-state index in [1.807, 2.05) is 0 Å². The molecule has 1 heterocycles. The molecule has 0 aromatic heterocycles. The lowest BCUT2D eigenvalue weighted by Crippen LogP contribution is -2.46. The molecule has 0 amide bonds. The lowest BCUT2D eigenvalue weighted by Gasteiger charge is -2.35. The molecule has 1 aromatic rings. The monoisotopic (exact) mass is 349 g/mol. The normalized spacial score (nSPS) is 20.3. The smallest absolute Gasteiger partial charge is 0.212 e. The fourth-order valence-electron chi connectivity index (χ4n) is 3.98. The summed E-state index contributed by atoms with van der Waals surface area (Å²) in [5, 5.41) is 0. The molecule has 0 saturated carbocycles. The molecule has 134 valence electrons.